The van der Waals surface area contributed by atoms with Gasteiger partial charge in [0, 0.05) is 37.8 Å². The van der Waals surface area contributed by atoms with Crippen molar-refractivity contribution in [3.8, 4) is 0 Å². The zero-order valence-electron chi connectivity index (χ0n) is 22.1. The maximum absolute atomic E-state index is 13.6. The SMILES string of the molecule is C[C@@H](C1CC1)N(Cc1ccccc1)C(=O)CN1CC2(CCC3C(=O)C(NC4CCOCC4)=CC=C32)OC1=O. The number of nitrogens with one attached hydrogen (secondary N) is 1. The molecule has 2 saturated carbocycles. The average molecular weight is 520 g/mol. The highest BCUT2D eigenvalue weighted by atomic mass is 16.6. The van der Waals surface area contributed by atoms with Crippen molar-refractivity contribution < 1.29 is 23.9 Å². The molecule has 8 heteroatoms. The minimum atomic E-state index is -0.829. The number of carbonyl (C=O) groups is 3. The van der Waals surface area contributed by atoms with Crippen LogP contribution in [-0.4, -0.2) is 71.6 Å². The smallest absolute Gasteiger partial charge is 0.411 e. The minimum absolute atomic E-state index is 0.0111. The molecule has 6 rings (SSSR count). The molecule has 1 spiro atoms. The number of benzene rings is 1. The molecule has 1 aromatic rings. The molecule has 2 unspecified atom stereocenters. The lowest BCUT2D eigenvalue weighted by atomic mass is 9.85. The van der Waals surface area contributed by atoms with Gasteiger partial charge in [-0.2, -0.15) is 0 Å². The van der Waals surface area contributed by atoms with Crippen LogP contribution in [0, 0.1) is 11.8 Å². The first-order chi connectivity index (χ1) is 18.4. The molecule has 0 bridgehead atoms. The number of ketones is 1. The van der Waals surface area contributed by atoms with E-state index in [1.165, 1.54) is 4.90 Å². The van der Waals surface area contributed by atoms with E-state index in [4.69, 9.17) is 9.47 Å². The van der Waals surface area contributed by atoms with Gasteiger partial charge in [0.1, 0.15) is 6.54 Å². The normalized spacial score (nSPS) is 28.0. The quantitative estimate of drug-likeness (QED) is 0.565. The number of ether oxygens (including phenoxy) is 2. The lowest BCUT2D eigenvalue weighted by Crippen LogP contribution is -2.46. The number of hydrogen-bond donors (Lipinski definition) is 1. The summed E-state index contributed by atoms with van der Waals surface area (Å²) in [7, 11) is 0. The lowest BCUT2D eigenvalue weighted by Gasteiger charge is -2.31. The van der Waals surface area contributed by atoms with Gasteiger partial charge in [-0.3, -0.25) is 14.5 Å². The van der Waals surface area contributed by atoms with Gasteiger partial charge in [-0.1, -0.05) is 36.4 Å². The van der Waals surface area contributed by atoms with Crippen molar-refractivity contribution in [1.29, 1.82) is 0 Å². The minimum Gasteiger partial charge on any atom is -0.436 e. The molecule has 8 nitrogen and oxygen atoms in total. The highest BCUT2D eigenvalue weighted by Crippen LogP contribution is 2.48. The fourth-order valence-corrected chi connectivity index (χ4v) is 6.52. The summed E-state index contributed by atoms with van der Waals surface area (Å²) >= 11 is 0. The average Bonchev–Trinajstić information content (AvgIpc) is 3.66. The summed E-state index contributed by atoms with van der Waals surface area (Å²) in [5.41, 5.74) is 1.76. The molecule has 2 heterocycles. The number of fused-ring (bicyclic) bond motifs is 2. The largest absolute Gasteiger partial charge is 0.436 e. The molecule has 4 fully saturated rings. The first kappa shape index (κ1) is 25.2. The van der Waals surface area contributed by atoms with Gasteiger partial charge in [-0.15, -0.1) is 0 Å². The maximum Gasteiger partial charge on any atom is 0.411 e. The number of carbonyl (C=O) groups excluding carboxylic acids is 3. The van der Waals surface area contributed by atoms with Gasteiger partial charge >= 0.3 is 6.09 Å². The van der Waals surface area contributed by atoms with Crippen LogP contribution in [-0.2, 0) is 25.6 Å². The monoisotopic (exact) mass is 519 g/mol. The van der Waals surface area contributed by atoms with Crippen LogP contribution in [0.3, 0.4) is 0 Å². The molecule has 202 valence electrons. The van der Waals surface area contributed by atoms with Gasteiger partial charge in [0.05, 0.1) is 12.2 Å². The highest BCUT2D eigenvalue weighted by molar-refractivity contribution is 6.01. The molecule has 3 atom stereocenters. The zero-order valence-corrected chi connectivity index (χ0v) is 22.1. The van der Waals surface area contributed by atoms with E-state index in [0.717, 1.165) is 36.8 Å². The van der Waals surface area contributed by atoms with Crippen LogP contribution in [0.25, 0.3) is 0 Å². The third-order valence-electron chi connectivity index (χ3n) is 8.96. The van der Waals surface area contributed by atoms with Crippen molar-refractivity contribution in [2.24, 2.45) is 11.8 Å². The Kier molecular flexibility index (Phi) is 6.76. The predicted molar refractivity (Wildman–Crippen MR) is 141 cm³/mol. The van der Waals surface area contributed by atoms with E-state index in [-0.39, 0.29) is 36.2 Å². The van der Waals surface area contributed by atoms with Gasteiger partial charge in [0.25, 0.3) is 0 Å². The van der Waals surface area contributed by atoms with Crippen molar-refractivity contribution in [1.82, 2.24) is 15.1 Å². The van der Waals surface area contributed by atoms with Crippen molar-refractivity contribution in [2.75, 3.05) is 26.3 Å². The maximum atomic E-state index is 13.6. The second kappa shape index (κ2) is 10.2. The summed E-state index contributed by atoms with van der Waals surface area (Å²) < 4.78 is 11.4. The van der Waals surface area contributed by atoms with Crippen LogP contribution in [0.15, 0.2) is 53.8 Å². The number of rotatable bonds is 8. The molecule has 38 heavy (non-hydrogen) atoms. The number of nitrogens with zero attached hydrogens (tertiary/aromatic N) is 2. The second-order valence-electron chi connectivity index (χ2n) is 11.5. The van der Waals surface area contributed by atoms with E-state index < -0.39 is 11.7 Å². The second-order valence-corrected chi connectivity index (χ2v) is 11.5. The van der Waals surface area contributed by atoms with Crippen LogP contribution in [0.5, 0.6) is 0 Å². The van der Waals surface area contributed by atoms with Gasteiger partial charge < -0.3 is 19.7 Å². The van der Waals surface area contributed by atoms with E-state index >= 15 is 0 Å². The Balaban J connectivity index is 1.15. The van der Waals surface area contributed by atoms with E-state index in [2.05, 4.69) is 12.2 Å². The summed E-state index contributed by atoms with van der Waals surface area (Å²) in [5, 5.41) is 3.42. The molecule has 0 radical (unpaired) electrons. The van der Waals surface area contributed by atoms with Crippen molar-refractivity contribution >= 4 is 17.8 Å². The third kappa shape index (κ3) is 4.86. The van der Waals surface area contributed by atoms with E-state index in [1.807, 2.05) is 47.4 Å². The predicted octanol–water partition coefficient (Wildman–Crippen LogP) is 3.58. The zero-order chi connectivity index (χ0) is 26.3. The van der Waals surface area contributed by atoms with Crippen LogP contribution < -0.4 is 5.32 Å². The fourth-order valence-electron chi connectivity index (χ4n) is 6.52. The standard InChI is InChI=1S/C30H37N3O5/c1-20(22-7-8-22)33(17-21-5-3-2-4-6-21)27(34)18-32-19-30(38-29(32)36)14-11-24-25(30)9-10-26(28(24)35)31-23-12-15-37-16-13-23/h2-6,9-10,20,22-24,31H,7-8,11-19H2,1H3/t20-,24?,30?/m0/s1. The summed E-state index contributed by atoms with van der Waals surface area (Å²) in [4.78, 5) is 43.4. The topological polar surface area (TPSA) is 88.2 Å². The molecule has 2 saturated heterocycles. The number of allylic oxidation sites excluding steroid dienone is 3. The van der Waals surface area contributed by atoms with Crippen LogP contribution in [0.4, 0.5) is 4.79 Å². The molecule has 1 aromatic carbocycles. The molecule has 0 aromatic heterocycles. The van der Waals surface area contributed by atoms with Crippen LogP contribution in [0.1, 0.15) is 51.0 Å². The summed E-state index contributed by atoms with van der Waals surface area (Å²) in [5.74, 6) is 0.247. The van der Waals surface area contributed by atoms with Gasteiger partial charge in [-0.05, 0) is 68.6 Å². The van der Waals surface area contributed by atoms with E-state index in [1.54, 1.807) is 0 Å². The van der Waals surface area contributed by atoms with Crippen LogP contribution >= 0.6 is 0 Å². The Morgan fingerprint density at radius 2 is 1.87 bits per heavy atom. The molecular weight excluding hydrogens is 482 g/mol. The van der Waals surface area contributed by atoms with Crippen LogP contribution in [0.2, 0.25) is 0 Å². The summed E-state index contributed by atoms with van der Waals surface area (Å²) in [6.07, 6.45) is 8.62. The highest BCUT2D eigenvalue weighted by Gasteiger charge is 2.56. The fraction of sp³-hybridized carbons (Fsp3) is 0.567. The number of Topliss-reactive ketones (excluding diaryl/α,β-unsaturated/α-hetero) is 1. The molecular formula is C30H37N3O5. The first-order valence-electron chi connectivity index (χ1n) is 14.1. The van der Waals surface area contributed by atoms with E-state index in [0.29, 0.717) is 50.8 Å². The lowest BCUT2D eigenvalue weighted by molar-refractivity contribution is -0.135. The number of hydrogen-bond acceptors (Lipinski definition) is 6. The first-order valence-corrected chi connectivity index (χ1v) is 14.1. The van der Waals surface area contributed by atoms with Crippen molar-refractivity contribution in [2.45, 2.75) is 69.7 Å². The Bertz CT molecular complexity index is 1150. The van der Waals surface area contributed by atoms with Gasteiger partial charge in [-0.25, -0.2) is 4.79 Å². The molecule has 2 aliphatic heterocycles. The van der Waals surface area contributed by atoms with Gasteiger partial charge in [0.2, 0.25) is 5.91 Å². The molecule has 3 aliphatic carbocycles. The summed E-state index contributed by atoms with van der Waals surface area (Å²) in [6, 6.07) is 10.4. The Labute approximate surface area is 224 Å². The Morgan fingerprint density at radius 3 is 2.61 bits per heavy atom. The molecule has 2 amide bonds. The van der Waals surface area contributed by atoms with Gasteiger partial charge in [0.15, 0.2) is 11.4 Å². The number of amides is 2. The Morgan fingerprint density at radius 1 is 1.11 bits per heavy atom. The summed E-state index contributed by atoms with van der Waals surface area (Å²) in [6.45, 7) is 4.35. The molecule has 1 N–H and O–H groups in total. The van der Waals surface area contributed by atoms with Crippen molar-refractivity contribution in [3.05, 3.63) is 59.3 Å². The van der Waals surface area contributed by atoms with Crippen molar-refractivity contribution in [3.63, 3.8) is 0 Å². The molecule has 5 aliphatic rings. The third-order valence-corrected chi connectivity index (χ3v) is 8.96. The Hall–Kier alpha value is -3.13. The van der Waals surface area contributed by atoms with E-state index in [9.17, 15) is 14.4 Å².